The van der Waals surface area contributed by atoms with Crippen LogP contribution >= 0.6 is 0 Å². The van der Waals surface area contributed by atoms with E-state index < -0.39 is 0 Å². The Hall–Kier alpha value is -0.570. The first-order valence-electron chi connectivity index (χ1n) is 6.73. The van der Waals surface area contributed by atoms with Crippen molar-refractivity contribution in [3.05, 3.63) is 0 Å². The van der Waals surface area contributed by atoms with Gasteiger partial charge >= 0.3 is 0 Å². The highest BCUT2D eigenvalue weighted by molar-refractivity contribution is 5.79. The Morgan fingerprint density at radius 1 is 1.25 bits per heavy atom. The molecule has 2 aliphatic rings. The number of nitrogens with zero attached hydrogens (tertiary/aromatic N) is 1. The fraction of sp³-hybridized carbons (Fsp3) is 0.923. The summed E-state index contributed by atoms with van der Waals surface area (Å²) in [5.74, 6) is 1.50. The van der Waals surface area contributed by atoms with E-state index in [9.17, 15) is 4.79 Å². The number of amides is 1. The SMILES string of the molecule is CC1CCC(C(=O)N2CCCC2CN)CC1. The van der Waals surface area contributed by atoms with Crippen molar-refractivity contribution in [3.8, 4) is 0 Å². The Bertz CT molecular complexity index is 246. The van der Waals surface area contributed by atoms with Crippen LogP contribution in [0.4, 0.5) is 0 Å². The number of carbonyl (C=O) groups excluding carboxylic acids is 1. The van der Waals surface area contributed by atoms with Gasteiger partial charge in [0.2, 0.25) is 5.91 Å². The molecule has 0 aromatic carbocycles. The third-order valence-electron chi connectivity index (χ3n) is 4.30. The maximum atomic E-state index is 12.3. The molecule has 1 aliphatic heterocycles. The summed E-state index contributed by atoms with van der Waals surface area (Å²) < 4.78 is 0. The second-order valence-corrected chi connectivity index (χ2v) is 5.52. The van der Waals surface area contributed by atoms with Gasteiger partial charge in [-0.1, -0.05) is 6.92 Å². The summed E-state index contributed by atoms with van der Waals surface area (Å²) in [4.78, 5) is 14.4. The number of likely N-dealkylation sites (tertiary alicyclic amines) is 1. The zero-order chi connectivity index (χ0) is 11.5. The van der Waals surface area contributed by atoms with Gasteiger partial charge in [0.1, 0.15) is 0 Å². The summed E-state index contributed by atoms with van der Waals surface area (Å²) >= 11 is 0. The molecule has 3 nitrogen and oxygen atoms in total. The van der Waals surface area contributed by atoms with Crippen LogP contribution in [0.25, 0.3) is 0 Å². The van der Waals surface area contributed by atoms with E-state index in [0.29, 0.717) is 24.4 Å². The van der Waals surface area contributed by atoms with Crippen LogP contribution in [-0.2, 0) is 4.79 Å². The molecule has 0 aromatic rings. The molecule has 2 fully saturated rings. The van der Waals surface area contributed by atoms with E-state index in [1.54, 1.807) is 0 Å². The molecule has 1 heterocycles. The fourth-order valence-electron chi connectivity index (χ4n) is 3.11. The molecule has 3 heteroatoms. The first kappa shape index (κ1) is 11.9. The Morgan fingerprint density at radius 2 is 1.94 bits per heavy atom. The van der Waals surface area contributed by atoms with Gasteiger partial charge in [-0.2, -0.15) is 0 Å². The van der Waals surface area contributed by atoms with E-state index in [1.807, 2.05) is 0 Å². The highest BCUT2D eigenvalue weighted by atomic mass is 16.2. The van der Waals surface area contributed by atoms with Crippen LogP contribution in [0.1, 0.15) is 45.4 Å². The van der Waals surface area contributed by atoms with Gasteiger partial charge in [0.15, 0.2) is 0 Å². The summed E-state index contributed by atoms with van der Waals surface area (Å²) in [5.41, 5.74) is 5.72. The molecule has 92 valence electrons. The minimum Gasteiger partial charge on any atom is -0.338 e. The summed E-state index contributed by atoms with van der Waals surface area (Å²) in [5, 5.41) is 0. The van der Waals surface area contributed by atoms with Crippen molar-refractivity contribution in [2.45, 2.75) is 51.5 Å². The van der Waals surface area contributed by atoms with Gasteiger partial charge in [-0.25, -0.2) is 0 Å². The molecule has 0 spiro atoms. The molecule has 2 N–H and O–H groups in total. The quantitative estimate of drug-likeness (QED) is 0.777. The molecule has 2 rings (SSSR count). The van der Waals surface area contributed by atoms with Crippen molar-refractivity contribution < 1.29 is 4.79 Å². The lowest BCUT2D eigenvalue weighted by Gasteiger charge is -2.31. The summed E-state index contributed by atoms with van der Waals surface area (Å²) in [7, 11) is 0. The maximum absolute atomic E-state index is 12.3. The highest BCUT2D eigenvalue weighted by Gasteiger charge is 2.33. The van der Waals surface area contributed by atoms with Crippen LogP contribution in [0.15, 0.2) is 0 Å². The van der Waals surface area contributed by atoms with Crippen LogP contribution < -0.4 is 5.73 Å². The zero-order valence-corrected chi connectivity index (χ0v) is 10.3. The number of hydrogen-bond donors (Lipinski definition) is 1. The van der Waals surface area contributed by atoms with E-state index in [1.165, 1.54) is 12.8 Å². The lowest BCUT2D eigenvalue weighted by atomic mass is 9.82. The molecular formula is C13H24N2O. The smallest absolute Gasteiger partial charge is 0.225 e. The topological polar surface area (TPSA) is 46.3 Å². The van der Waals surface area contributed by atoms with E-state index >= 15 is 0 Å². The second kappa shape index (κ2) is 5.17. The molecule has 1 aliphatic carbocycles. The Morgan fingerprint density at radius 3 is 2.56 bits per heavy atom. The fourth-order valence-corrected chi connectivity index (χ4v) is 3.11. The third kappa shape index (κ3) is 2.40. The van der Waals surface area contributed by atoms with E-state index in [0.717, 1.165) is 38.1 Å². The van der Waals surface area contributed by atoms with Crippen LogP contribution in [0.3, 0.4) is 0 Å². The Kier molecular flexibility index (Phi) is 3.85. The molecule has 1 unspecified atom stereocenters. The van der Waals surface area contributed by atoms with Gasteiger partial charge in [-0.15, -0.1) is 0 Å². The Balaban J connectivity index is 1.91. The van der Waals surface area contributed by atoms with E-state index in [2.05, 4.69) is 11.8 Å². The molecule has 16 heavy (non-hydrogen) atoms. The predicted octanol–water partition coefficient (Wildman–Crippen LogP) is 1.76. The lowest BCUT2D eigenvalue weighted by Crippen LogP contribution is -2.43. The Labute approximate surface area is 98.4 Å². The molecule has 1 saturated heterocycles. The van der Waals surface area contributed by atoms with Gasteiger partial charge in [0.05, 0.1) is 0 Å². The van der Waals surface area contributed by atoms with Crippen LogP contribution in [0.2, 0.25) is 0 Å². The van der Waals surface area contributed by atoms with Crippen LogP contribution in [0, 0.1) is 11.8 Å². The number of hydrogen-bond acceptors (Lipinski definition) is 2. The molecule has 0 radical (unpaired) electrons. The molecule has 1 saturated carbocycles. The first-order valence-corrected chi connectivity index (χ1v) is 6.73. The van der Waals surface area contributed by atoms with Crippen molar-refractivity contribution in [1.82, 2.24) is 4.90 Å². The normalized spacial score (nSPS) is 35.4. The van der Waals surface area contributed by atoms with Crippen molar-refractivity contribution >= 4 is 5.91 Å². The number of nitrogens with two attached hydrogens (primary N) is 1. The van der Waals surface area contributed by atoms with Gasteiger partial charge in [-0.3, -0.25) is 4.79 Å². The first-order chi connectivity index (χ1) is 7.72. The predicted molar refractivity (Wildman–Crippen MR) is 64.9 cm³/mol. The summed E-state index contributed by atoms with van der Waals surface area (Å²) in [6.45, 7) is 3.86. The molecule has 1 atom stereocenters. The van der Waals surface area contributed by atoms with Crippen molar-refractivity contribution in [3.63, 3.8) is 0 Å². The van der Waals surface area contributed by atoms with Crippen LogP contribution in [-0.4, -0.2) is 29.9 Å². The minimum atomic E-state index is 0.295. The van der Waals surface area contributed by atoms with E-state index in [-0.39, 0.29) is 0 Å². The standard InChI is InChI=1S/C13H24N2O/c1-10-4-6-11(7-5-10)13(16)15-8-2-3-12(15)9-14/h10-12H,2-9,14H2,1H3. The lowest BCUT2D eigenvalue weighted by molar-refractivity contribution is -0.137. The van der Waals surface area contributed by atoms with Crippen LogP contribution in [0.5, 0.6) is 0 Å². The van der Waals surface area contributed by atoms with Gasteiger partial charge in [0.25, 0.3) is 0 Å². The maximum Gasteiger partial charge on any atom is 0.225 e. The monoisotopic (exact) mass is 224 g/mol. The van der Waals surface area contributed by atoms with Gasteiger partial charge in [0, 0.05) is 25.0 Å². The minimum absolute atomic E-state index is 0.295. The van der Waals surface area contributed by atoms with Gasteiger partial charge in [-0.05, 0) is 44.4 Å². The highest BCUT2D eigenvalue weighted by Crippen LogP contribution is 2.31. The second-order valence-electron chi connectivity index (χ2n) is 5.52. The molecule has 0 aromatic heterocycles. The van der Waals surface area contributed by atoms with Crippen molar-refractivity contribution in [2.75, 3.05) is 13.1 Å². The molecule has 0 bridgehead atoms. The molecular weight excluding hydrogens is 200 g/mol. The summed E-state index contributed by atoms with van der Waals surface area (Å²) in [6, 6.07) is 0.326. The van der Waals surface area contributed by atoms with E-state index in [4.69, 9.17) is 5.73 Å². The van der Waals surface area contributed by atoms with Crippen molar-refractivity contribution in [1.29, 1.82) is 0 Å². The van der Waals surface area contributed by atoms with Gasteiger partial charge < -0.3 is 10.6 Å². The third-order valence-corrected chi connectivity index (χ3v) is 4.30. The van der Waals surface area contributed by atoms with Crippen molar-refractivity contribution in [2.24, 2.45) is 17.6 Å². The molecule has 1 amide bonds. The number of rotatable bonds is 2. The summed E-state index contributed by atoms with van der Waals surface area (Å²) in [6.07, 6.45) is 6.86. The average molecular weight is 224 g/mol. The number of carbonyl (C=O) groups is 1. The zero-order valence-electron chi connectivity index (χ0n) is 10.3. The average Bonchev–Trinajstić information content (AvgIpc) is 2.77. The largest absolute Gasteiger partial charge is 0.338 e.